The topological polar surface area (TPSA) is 77.8 Å². The van der Waals surface area contributed by atoms with Crippen LogP contribution in [0.25, 0.3) is 0 Å². The van der Waals surface area contributed by atoms with Crippen molar-refractivity contribution in [1.29, 1.82) is 0 Å². The Morgan fingerprint density at radius 3 is 2.47 bits per heavy atom. The van der Waals surface area contributed by atoms with Crippen molar-refractivity contribution in [3.8, 4) is 0 Å². The third-order valence-electron chi connectivity index (χ3n) is 3.73. The summed E-state index contributed by atoms with van der Waals surface area (Å²) < 4.78 is 0. The van der Waals surface area contributed by atoms with Gasteiger partial charge in [-0.2, -0.15) is 0 Å². The van der Waals surface area contributed by atoms with Crippen molar-refractivity contribution in [2.75, 3.05) is 19.7 Å². The molecule has 110 valence electrons. The zero-order valence-electron chi connectivity index (χ0n) is 12.1. The van der Waals surface area contributed by atoms with E-state index in [1.807, 2.05) is 0 Å². The van der Waals surface area contributed by atoms with Gasteiger partial charge in [0.05, 0.1) is 0 Å². The fourth-order valence-electron chi connectivity index (χ4n) is 2.71. The van der Waals surface area contributed by atoms with Crippen molar-refractivity contribution in [1.82, 2.24) is 4.90 Å². The van der Waals surface area contributed by atoms with Gasteiger partial charge in [-0.15, -0.1) is 0 Å². The molecule has 0 bridgehead atoms. The average molecular weight is 271 g/mol. The van der Waals surface area contributed by atoms with E-state index in [1.165, 1.54) is 0 Å². The van der Waals surface area contributed by atoms with Gasteiger partial charge in [0.1, 0.15) is 5.92 Å². The Morgan fingerprint density at radius 2 is 2.00 bits per heavy atom. The maximum Gasteiger partial charge on any atom is 0.316 e. The van der Waals surface area contributed by atoms with Crippen LogP contribution in [0.3, 0.4) is 0 Å². The highest BCUT2D eigenvalue weighted by molar-refractivity contribution is 5.97. The number of hydrogen-bond acceptors (Lipinski definition) is 3. The van der Waals surface area contributed by atoms with Crippen molar-refractivity contribution < 1.29 is 19.8 Å². The van der Waals surface area contributed by atoms with Crippen molar-refractivity contribution in [3.63, 3.8) is 0 Å². The van der Waals surface area contributed by atoms with E-state index in [2.05, 4.69) is 0 Å². The normalized spacial score (nSPS) is 22.1. The minimum atomic E-state index is -1.05. The van der Waals surface area contributed by atoms with Gasteiger partial charge in [-0.05, 0) is 30.6 Å². The number of aliphatic carboxylic acids is 1. The van der Waals surface area contributed by atoms with Gasteiger partial charge in [0.2, 0.25) is 5.91 Å². The van der Waals surface area contributed by atoms with E-state index in [1.54, 1.807) is 25.7 Å². The van der Waals surface area contributed by atoms with Gasteiger partial charge in [0.25, 0.3) is 0 Å². The summed E-state index contributed by atoms with van der Waals surface area (Å²) in [6.07, 6.45) is 2.56. The highest BCUT2D eigenvalue weighted by Gasteiger charge is 2.41. The van der Waals surface area contributed by atoms with Gasteiger partial charge >= 0.3 is 5.97 Å². The SMILES string of the molecule is CC(C)(C)C(C(=O)O)C(=O)N1CCCC(CCO)C1. The molecule has 1 amide bonds. The van der Waals surface area contributed by atoms with Crippen molar-refractivity contribution in [2.24, 2.45) is 17.3 Å². The fourth-order valence-corrected chi connectivity index (χ4v) is 2.71. The highest BCUT2D eigenvalue weighted by atomic mass is 16.4. The summed E-state index contributed by atoms with van der Waals surface area (Å²) in [6, 6.07) is 0. The maximum absolute atomic E-state index is 12.4. The number of carbonyl (C=O) groups excluding carboxylic acids is 1. The summed E-state index contributed by atoms with van der Waals surface area (Å²) in [4.78, 5) is 25.4. The molecule has 19 heavy (non-hydrogen) atoms. The van der Waals surface area contributed by atoms with E-state index in [0.717, 1.165) is 12.8 Å². The van der Waals surface area contributed by atoms with E-state index < -0.39 is 17.3 Å². The molecule has 5 nitrogen and oxygen atoms in total. The monoisotopic (exact) mass is 271 g/mol. The lowest BCUT2D eigenvalue weighted by Gasteiger charge is -2.37. The summed E-state index contributed by atoms with van der Waals surface area (Å²) in [5.74, 6) is -2.05. The standard InChI is InChI=1S/C14H25NO4/c1-14(2,3)11(13(18)19)12(17)15-7-4-5-10(9-15)6-8-16/h10-11,16H,4-9H2,1-3H3,(H,18,19). The molecule has 1 fully saturated rings. The first-order chi connectivity index (χ1) is 8.77. The summed E-state index contributed by atoms with van der Waals surface area (Å²) in [5, 5.41) is 18.3. The molecular formula is C14H25NO4. The third-order valence-corrected chi connectivity index (χ3v) is 3.73. The van der Waals surface area contributed by atoms with Crippen molar-refractivity contribution in [2.45, 2.75) is 40.0 Å². The highest BCUT2D eigenvalue weighted by Crippen LogP contribution is 2.30. The van der Waals surface area contributed by atoms with E-state index in [9.17, 15) is 14.7 Å². The molecule has 1 rings (SSSR count). The van der Waals surface area contributed by atoms with Crippen LogP contribution >= 0.6 is 0 Å². The van der Waals surface area contributed by atoms with Gasteiger partial charge in [-0.1, -0.05) is 20.8 Å². The quantitative estimate of drug-likeness (QED) is 0.757. The molecule has 0 aliphatic carbocycles. The number of carboxylic acid groups (broad SMARTS) is 1. The smallest absolute Gasteiger partial charge is 0.316 e. The second-order valence-corrected chi connectivity index (χ2v) is 6.44. The van der Waals surface area contributed by atoms with Crippen molar-refractivity contribution >= 4 is 11.9 Å². The summed E-state index contributed by atoms with van der Waals surface area (Å²) >= 11 is 0. The predicted molar refractivity (Wildman–Crippen MR) is 71.6 cm³/mol. The summed E-state index contributed by atoms with van der Waals surface area (Å²) in [5.41, 5.74) is -0.590. The largest absolute Gasteiger partial charge is 0.481 e. The van der Waals surface area contributed by atoms with E-state index in [4.69, 9.17) is 5.11 Å². The molecule has 0 saturated carbocycles. The number of piperidine rings is 1. The molecule has 2 N–H and O–H groups in total. The zero-order chi connectivity index (χ0) is 14.6. The van der Waals surface area contributed by atoms with E-state index in [0.29, 0.717) is 19.5 Å². The number of nitrogens with zero attached hydrogens (tertiary/aromatic N) is 1. The number of aliphatic hydroxyl groups is 1. The third kappa shape index (κ3) is 4.20. The molecule has 1 saturated heterocycles. The van der Waals surface area contributed by atoms with Gasteiger partial charge in [0, 0.05) is 19.7 Å². The number of carboxylic acids is 1. The molecule has 0 aromatic rings. The average Bonchev–Trinajstić information content (AvgIpc) is 2.27. The second kappa shape index (κ2) is 6.37. The number of rotatable bonds is 4. The zero-order valence-corrected chi connectivity index (χ0v) is 12.1. The van der Waals surface area contributed by atoms with Gasteiger partial charge in [-0.25, -0.2) is 0 Å². The molecule has 0 spiro atoms. The fraction of sp³-hybridized carbons (Fsp3) is 0.857. The molecule has 0 radical (unpaired) electrons. The molecule has 5 heteroatoms. The van der Waals surface area contributed by atoms with Crippen LogP contribution in [0.1, 0.15) is 40.0 Å². The van der Waals surface area contributed by atoms with E-state index in [-0.39, 0.29) is 18.4 Å². The summed E-state index contributed by atoms with van der Waals surface area (Å²) in [7, 11) is 0. The van der Waals surface area contributed by atoms with Gasteiger partial charge in [-0.3, -0.25) is 9.59 Å². The van der Waals surface area contributed by atoms with E-state index >= 15 is 0 Å². The molecule has 2 atom stereocenters. The lowest BCUT2D eigenvalue weighted by Crippen LogP contribution is -2.48. The molecule has 0 aromatic heterocycles. The first-order valence-electron chi connectivity index (χ1n) is 6.89. The van der Waals surface area contributed by atoms with Crippen LogP contribution in [0.2, 0.25) is 0 Å². The Kier molecular flexibility index (Phi) is 5.35. The molecule has 2 unspecified atom stereocenters. The van der Waals surface area contributed by atoms with Crippen LogP contribution in [-0.4, -0.2) is 46.7 Å². The lowest BCUT2D eigenvalue weighted by atomic mass is 9.79. The molecule has 0 aromatic carbocycles. The molecule has 1 aliphatic heterocycles. The number of hydrogen-bond donors (Lipinski definition) is 2. The molecule has 1 heterocycles. The number of aliphatic hydroxyl groups excluding tert-OH is 1. The minimum Gasteiger partial charge on any atom is -0.481 e. The Bertz CT molecular complexity index is 333. The first-order valence-corrected chi connectivity index (χ1v) is 6.89. The van der Waals surface area contributed by atoms with Crippen LogP contribution in [0.15, 0.2) is 0 Å². The van der Waals surface area contributed by atoms with Crippen LogP contribution in [0.5, 0.6) is 0 Å². The summed E-state index contributed by atoms with van der Waals surface area (Å²) in [6.45, 7) is 6.64. The lowest BCUT2D eigenvalue weighted by molar-refractivity contribution is -0.157. The number of carbonyl (C=O) groups is 2. The maximum atomic E-state index is 12.4. The number of amides is 1. The Hall–Kier alpha value is -1.10. The first kappa shape index (κ1) is 16.0. The van der Waals surface area contributed by atoms with Crippen LogP contribution in [0.4, 0.5) is 0 Å². The minimum absolute atomic E-state index is 0.119. The number of likely N-dealkylation sites (tertiary alicyclic amines) is 1. The van der Waals surface area contributed by atoms with Crippen LogP contribution < -0.4 is 0 Å². The molecule has 1 aliphatic rings. The second-order valence-electron chi connectivity index (χ2n) is 6.44. The van der Waals surface area contributed by atoms with Crippen LogP contribution in [-0.2, 0) is 9.59 Å². The van der Waals surface area contributed by atoms with Crippen LogP contribution in [0, 0.1) is 17.3 Å². The van der Waals surface area contributed by atoms with Gasteiger partial charge in [0.15, 0.2) is 0 Å². The Morgan fingerprint density at radius 1 is 1.37 bits per heavy atom. The Balaban J connectivity index is 2.77. The Labute approximate surface area is 114 Å². The van der Waals surface area contributed by atoms with Gasteiger partial charge < -0.3 is 15.1 Å². The van der Waals surface area contributed by atoms with Crippen molar-refractivity contribution in [3.05, 3.63) is 0 Å². The molecular weight excluding hydrogens is 246 g/mol. The predicted octanol–water partition coefficient (Wildman–Crippen LogP) is 1.35.